The number of benzene rings is 2. The van der Waals surface area contributed by atoms with Gasteiger partial charge >= 0.3 is 23.8 Å². The molecule has 2 fully saturated rings. The number of halogens is 1. The van der Waals surface area contributed by atoms with Gasteiger partial charge in [0.15, 0.2) is 0 Å². The predicted molar refractivity (Wildman–Crippen MR) is 140 cm³/mol. The van der Waals surface area contributed by atoms with Gasteiger partial charge in [0.1, 0.15) is 11.9 Å². The van der Waals surface area contributed by atoms with Gasteiger partial charge in [-0.1, -0.05) is 29.4 Å². The Hall–Kier alpha value is -4.28. The van der Waals surface area contributed by atoms with Crippen LogP contribution in [0.5, 0.6) is 0 Å². The van der Waals surface area contributed by atoms with Crippen molar-refractivity contribution in [2.24, 2.45) is 5.92 Å². The van der Waals surface area contributed by atoms with E-state index in [2.05, 4.69) is 20.8 Å². The van der Waals surface area contributed by atoms with E-state index in [1.165, 1.54) is 17.0 Å². The third-order valence-electron chi connectivity index (χ3n) is 7.54. The van der Waals surface area contributed by atoms with E-state index in [1.54, 1.807) is 12.1 Å². The Morgan fingerprint density at radius 3 is 2.46 bits per heavy atom. The Kier molecular flexibility index (Phi) is 7.85. The molecule has 2 amide bonds. The highest BCUT2D eigenvalue weighted by Gasteiger charge is 2.35. The third kappa shape index (κ3) is 6.24. The van der Waals surface area contributed by atoms with Crippen LogP contribution in [0.25, 0.3) is 0 Å². The number of anilines is 3. The highest BCUT2D eigenvalue weighted by Crippen LogP contribution is 2.38. The number of hydrogen-bond donors (Lipinski definition) is 3. The fourth-order valence-electron chi connectivity index (χ4n) is 5.45. The highest BCUT2D eigenvalue weighted by molar-refractivity contribution is 6.00. The number of carbonyl (C=O) groups is 3. The van der Waals surface area contributed by atoms with E-state index in [0.717, 1.165) is 37.7 Å². The molecule has 0 unspecified atom stereocenters. The standard InChI is InChI=1S/C28H30FN5O5/c29-21-4-1-2-5-22(21)31-28-33-32-26(39-28)25(36)30-20-13-11-19(12-14-20)18-9-7-17(8-10-18)16-24(35)34-15-3-6-23(34)27(37)38/h1-2,4-5,11-14,17-18,23H,3,6-10,15-16H2,(H,30,36)(H,31,33)(H,37,38)/t17?,18?,23-/m1/s1. The minimum Gasteiger partial charge on any atom is -0.480 e. The molecule has 0 spiro atoms. The number of rotatable bonds is 8. The van der Waals surface area contributed by atoms with Gasteiger partial charge in [-0.05, 0) is 80.2 Å². The van der Waals surface area contributed by atoms with Crippen molar-refractivity contribution in [3.05, 3.63) is 65.8 Å². The maximum absolute atomic E-state index is 13.8. The first kappa shape index (κ1) is 26.3. The normalized spacial score (nSPS) is 20.9. The van der Waals surface area contributed by atoms with Crippen LogP contribution in [0.4, 0.5) is 21.8 Å². The summed E-state index contributed by atoms with van der Waals surface area (Å²) in [4.78, 5) is 38.2. The quantitative estimate of drug-likeness (QED) is 0.369. The molecular weight excluding hydrogens is 505 g/mol. The lowest BCUT2D eigenvalue weighted by atomic mass is 9.77. The number of nitrogens with one attached hydrogen (secondary N) is 2. The van der Waals surface area contributed by atoms with Crippen molar-refractivity contribution in [3.63, 3.8) is 0 Å². The minimum absolute atomic E-state index is 0.0418. The van der Waals surface area contributed by atoms with Crippen LogP contribution in [-0.4, -0.2) is 50.6 Å². The number of hydrogen-bond acceptors (Lipinski definition) is 7. The second-order valence-electron chi connectivity index (χ2n) is 10.1. The zero-order valence-corrected chi connectivity index (χ0v) is 21.3. The molecule has 0 bridgehead atoms. The lowest BCUT2D eigenvalue weighted by molar-refractivity contribution is -0.148. The zero-order chi connectivity index (χ0) is 27.4. The number of aromatic nitrogens is 2. The highest BCUT2D eigenvalue weighted by atomic mass is 19.1. The number of para-hydroxylation sites is 1. The maximum atomic E-state index is 13.8. The molecule has 2 heterocycles. The van der Waals surface area contributed by atoms with Gasteiger partial charge in [-0.15, -0.1) is 5.10 Å². The average molecular weight is 536 g/mol. The third-order valence-corrected chi connectivity index (χ3v) is 7.54. The number of aliphatic carboxylic acids is 1. The summed E-state index contributed by atoms with van der Waals surface area (Å²) in [7, 11) is 0. The summed E-state index contributed by atoms with van der Waals surface area (Å²) in [5.41, 5.74) is 1.89. The molecule has 3 N–H and O–H groups in total. The number of carbonyl (C=O) groups excluding carboxylic acids is 2. The molecule has 3 aromatic rings. The van der Waals surface area contributed by atoms with Crippen molar-refractivity contribution >= 4 is 35.2 Å². The number of nitrogens with zero attached hydrogens (tertiary/aromatic N) is 3. The Morgan fingerprint density at radius 2 is 1.74 bits per heavy atom. The predicted octanol–water partition coefficient (Wildman–Crippen LogP) is 4.94. The van der Waals surface area contributed by atoms with E-state index < -0.39 is 23.7 Å². The molecule has 1 aliphatic heterocycles. The van der Waals surface area contributed by atoms with Crippen LogP contribution in [0.2, 0.25) is 0 Å². The first-order valence-electron chi connectivity index (χ1n) is 13.2. The summed E-state index contributed by atoms with van der Waals surface area (Å²) in [6, 6.07) is 12.8. The Morgan fingerprint density at radius 1 is 1.00 bits per heavy atom. The molecule has 0 radical (unpaired) electrons. The van der Waals surface area contributed by atoms with Gasteiger partial charge in [0.25, 0.3) is 0 Å². The maximum Gasteiger partial charge on any atom is 0.326 e. The Balaban J connectivity index is 1.10. The number of carboxylic acids is 1. The topological polar surface area (TPSA) is 138 Å². The van der Waals surface area contributed by atoms with Crippen molar-refractivity contribution in [2.75, 3.05) is 17.2 Å². The minimum atomic E-state index is -0.914. The molecule has 2 aliphatic rings. The zero-order valence-electron chi connectivity index (χ0n) is 21.3. The van der Waals surface area contributed by atoms with Crippen molar-refractivity contribution < 1.29 is 28.3 Å². The fourth-order valence-corrected chi connectivity index (χ4v) is 5.45. The first-order valence-corrected chi connectivity index (χ1v) is 13.2. The van der Waals surface area contributed by atoms with Crippen LogP contribution in [0, 0.1) is 11.7 Å². The molecule has 5 rings (SSSR count). The molecule has 39 heavy (non-hydrogen) atoms. The van der Waals surface area contributed by atoms with Crippen LogP contribution < -0.4 is 10.6 Å². The molecule has 11 heteroatoms. The van der Waals surface area contributed by atoms with Gasteiger partial charge in [0.2, 0.25) is 5.91 Å². The Labute approximate surface area is 224 Å². The van der Waals surface area contributed by atoms with Crippen LogP contribution in [0.3, 0.4) is 0 Å². The van der Waals surface area contributed by atoms with Crippen molar-refractivity contribution in [3.8, 4) is 0 Å². The summed E-state index contributed by atoms with van der Waals surface area (Å²) in [6.07, 6.45) is 5.43. The van der Waals surface area contributed by atoms with Crippen molar-refractivity contribution in [1.82, 2.24) is 15.1 Å². The molecule has 2 aromatic carbocycles. The van der Waals surface area contributed by atoms with E-state index in [-0.39, 0.29) is 29.4 Å². The average Bonchev–Trinajstić information content (AvgIpc) is 3.62. The van der Waals surface area contributed by atoms with E-state index in [1.807, 2.05) is 24.3 Å². The van der Waals surface area contributed by atoms with Crippen LogP contribution in [0.1, 0.15) is 67.1 Å². The number of likely N-dealkylation sites (tertiary alicyclic amines) is 1. The van der Waals surface area contributed by atoms with Gasteiger partial charge in [-0.25, -0.2) is 9.18 Å². The fraction of sp³-hybridized carbons (Fsp3) is 0.393. The van der Waals surface area contributed by atoms with E-state index in [4.69, 9.17) is 4.42 Å². The summed E-state index contributed by atoms with van der Waals surface area (Å²) in [6.45, 7) is 0.534. The van der Waals surface area contributed by atoms with Crippen LogP contribution in [-0.2, 0) is 9.59 Å². The smallest absolute Gasteiger partial charge is 0.326 e. The Bertz CT molecular complexity index is 1340. The molecule has 204 valence electrons. The second-order valence-corrected chi connectivity index (χ2v) is 10.1. The van der Waals surface area contributed by atoms with Gasteiger partial charge in [0.05, 0.1) is 5.69 Å². The van der Waals surface area contributed by atoms with E-state index in [9.17, 15) is 23.9 Å². The number of amides is 2. The summed E-state index contributed by atoms with van der Waals surface area (Å²) in [5, 5.41) is 22.2. The van der Waals surface area contributed by atoms with Crippen LogP contribution >= 0.6 is 0 Å². The largest absolute Gasteiger partial charge is 0.480 e. The molecule has 1 saturated heterocycles. The van der Waals surface area contributed by atoms with Crippen LogP contribution in [0.15, 0.2) is 52.9 Å². The lowest BCUT2D eigenvalue weighted by Crippen LogP contribution is -2.41. The van der Waals surface area contributed by atoms with Gasteiger partial charge in [-0.3, -0.25) is 9.59 Å². The van der Waals surface area contributed by atoms with Crippen molar-refractivity contribution in [1.29, 1.82) is 0 Å². The number of carboxylic acid groups (broad SMARTS) is 1. The van der Waals surface area contributed by atoms with Gasteiger partial charge in [0, 0.05) is 18.7 Å². The van der Waals surface area contributed by atoms with E-state index >= 15 is 0 Å². The lowest BCUT2D eigenvalue weighted by Gasteiger charge is -2.30. The van der Waals surface area contributed by atoms with Gasteiger partial charge < -0.3 is 25.1 Å². The molecule has 1 aliphatic carbocycles. The molecule has 1 aromatic heterocycles. The second kappa shape index (κ2) is 11.6. The monoisotopic (exact) mass is 535 g/mol. The summed E-state index contributed by atoms with van der Waals surface area (Å²) >= 11 is 0. The van der Waals surface area contributed by atoms with Crippen molar-refractivity contribution in [2.45, 2.75) is 56.9 Å². The van der Waals surface area contributed by atoms with E-state index in [0.29, 0.717) is 31.0 Å². The molecule has 1 atom stereocenters. The summed E-state index contributed by atoms with van der Waals surface area (Å²) < 4.78 is 19.1. The first-order chi connectivity index (χ1) is 18.9. The molecule has 10 nitrogen and oxygen atoms in total. The molecule has 1 saturated carbocycles. The molecular formula is C28H30FN5O5. The van der Waals surface area contributed by atoms with Gasteiger partial charge in [-0.2, -0.15) is 0 Å². The summed E-state index contributed by atoms with van der Waals surface area (Å²) in [5.74, 6) is -1.64. The SMILES string of the molecule is O=C(Nc1ccc(C2CCC(CC(=O)N3CCC[C@@H]3C(=O)O)CC2)cc1)c1nnc(Nc2ccccc2F)o1.